The van der Waals surface area contributed by atoms with Crippen LogP contribution < -0.4 is 9.04 Å². The Bertz CT molecular complexity index is 638. The van der Waals surface area contributed by atoms with Crippen LogP contribution in [0, 0.1) is 5.92 Å². The highest BCUT2D eigenvalue weighted by Gasteiger charge is 2.27. The normalized spacial score (nSPS) is 13.3. The smallest absolute Gasteiger partial charge is 0.425 e. The van der Waals surface area contributed by atoms with Gasteiger partial charge in [0.2, 0.25) is 0 Å². The lowest BCUT2D eigenvalue weighted by atomic mass is 10.1. The summed E-state index contributed by atoms with van der Waals surface area (Å²) in [5, 5.41) is 9.03. The Hall–Kier alpha value is -1.89. The van der Waals surface area contributed by atoms with E-state index in [0.717, 1.165) is 12.8 Å². The molecule has 7 heteroatoms. The molecule has 1 aliphatic carbocycles. The average Bonchev–Trinajstić information content (AvgIpc) is 3.39. The quantitative estimate of drug-likeness (QED) is 0.641. The van der Waals surface area contributed by atoms with Crippen molar-refractivity contribution < 1.29 is 24.2 Å². The lowest BCUT2D eigenvalue weighted by Crippen LogP contribution is -2.32. The Morgan fingerprint density at radius 3 is 2.37 bits per heavy atom. The van der Waals surface area contributed by atoms with Gasteiger partial charge in [-0.1, -0.05) is 19.9 Å². The molecule has 1 aromatic rings. The number of hydrogen-bond acceptors (Lipinski definition) is 5. The number of carboxylic acids is 1. The van der Waals surface area contributed by atoms with Gasteiger partial charge in [-0.25, -0.2) is 9.10 Å². The summed E-state index contributed by atoms with van der Waals surface area (Å²) in [6, 6.07) is 5.12. The maximum atomic E-state index is 12.5. The second-order valence-electron chi connectivity index (χ2n) is 7.08. The van der Waals surface area contributed by atoms with Crippen LogP contribution in [0.4, 0.5) is 10.5 Å². The number of benzene rings is 1. The SMILES string of the molecule is CC.CSN(C(=O)OC(C)(C)C)c1cc(CC(=O)O)ccc1OCC1CC1. The van der Waals surface area contributed by atoms with Gasteiger partial charge < -0.3 is 14.6 Å². The zero-order valence-electron chi connectivity index (χ0n) is 17.1. The van der Waals surface area contributed by atoms with Crippen LogP contribution in [0.25, 0.3) is 0 Å². The molecule has 1 N–H and O–H groups in total. The number of carboxylic acid groups (broad SMARTS) is 1. The van der Waals surface area contributed by atoms with E-state index >= 15 is 0 Å². The Kier molecular flexibility index (Phi) is 8.96. The molecule has 0 heterocycles. The Balaban J connectivity index is 0.00000176. The number of ether oxygens (including phenoxy) is 2. The molecule has 152 valence electrons. The molecule has 0 unspecified atom stereocenters. The molecule has 0 aromatic heterocycles. The van der Waals surface area contributed by atoms with Crippen molar-refractivity contribution in [3.8, 4) is 5.75 Å². The van der Waals surface area contributed by atoms with E-state index in [1.54, 1.807) is 45.2 Å². The van der Waals surface area contributed by atoms with Crippen molar-refractivity contribution in [3.63, 3.8) is 0 Å². The molecule has 0 atom stereocenters. The average molecular weight is 398 g/mol. The van der Waals surface area contributed by atoms with Gasteiger partial charge in [-0.15, -0.1) is 0 Å². The zero-order chi connectivity index (χ0) is 20.6. The molecule has 1 amide bonds. The first kappa shape index (κ1) is 23.1. The van der Waals surface area contributed by atoms with E-state index in [2.05, 4.69) is 0 Å². The fourth-order valence-corrected chi connectivity index (χ4v) is 2.72. The second kappa shape index (κ2) is 10.4. The van der Waals surface area contributed by atoms with Crippen LogP contribution in [0.2, 0.25) is 0 Å². The standard InChI is InChI=1S/C18H25NO5S.C2H6/c1-18(2,3)24-17(22)19(25-4)14-9-13(10-16(20)21)7-8-15(14)23-11-12-5-6-12;1-2/h7-9,12H,5-6,10-11H2,1-4H3,(H,20,21);1-2H3. The number of carbonyl (C=O) groups is 2. The third-order valence-electron chi connectivity index (χ3n) is 3.51. The van der Waals surface area contributed by atoms with Crippen molar-refractivity contribution in [2.24, 2.45) is 5.92 Å². The summed E-state index contributed by atoms with van der Waals surface area (Å²) in [5.74, 6) is 0.197. The molecule has 0 aliphatic heterocycles. The zero-order valence-corrected chi connectivity index (χ0v) is 17.9. The maximum absolute atomic E-state index is 12.5. The number of anilines is 1. The summed E-state index contributed by atoms with van der Waals surface area (Å²) in [6.07, 6.45) is 3.45. The van der Waals surface area contributed by atoms with Crippen LogP contribution in [0.5, 0.6) is 5.75 Å². The van der Waals surface area contributed by atoms with E-state index < -0.39 is 17.7 Å². The minimum atomic E-state index is -0.925. The third-order valence-corrected chi connectivity index (χ3v) is 4.22. The van der Waals surface area contributed by atoms with Crippen LogP contribution in [0.1, 0.15) is 53.0 Å². The largest absolute Gasteiger partial charge is 0.491 e. The highest BCUT2D eigenvalue weighted by atomic mass is 32.2. The van der Waals surface area contributed by atoms with Crippen molar-refractivity contribution >= 4 is 29.7 Å². The summed E-state index contributed by atoms with van der Waals surface area (Å²) in [6.45, 7) is 10.0. The van der Waals surface area contributed by atoms with Crippen LogP contribution in [-0.4, -0.2) is 35.6 Å². The highest BCUT2D eigenvalue weighted by molar-refractivity contribution is 8.00. The molecule has 2 rings (SSSR count). The molecule has 0 saturated heterocycles. The summed E-state index contributed by atoms with van der Waals surface area (Å²) >= 11 is 1.19. The molecule has 1 saturated carbocycles. The molecule has 1 aliphatic rings. The maximum Gasteiger partial charge on any atom is 0.425 e. The molecule has 0 spiro atoms. The lowest BCUT2D eigenvalue weighted by molar-refractivity contribution is -0.136. The van der Waals surface area contributed by atoms with E-state index in [9.17, 15) is 9.59 Å². The molecular formula is C20H31NO5S. The predicted octanol–water partition coefficient (Wildman–Crippen LogP) is 5.15. The number of nitrogens with zero attached hydrogens (tertiary/aromatic N) is 1. The van der Waals surface area contributed by atoms with Gasteiger partial charge in [0.1, 0.15) is 17.0 Å². The van der Waals surface area contributed by atoms with E-state index in [4.69, 9.17) is 14.6 Å². The highest BCUT2D eigenvalue weighted by Crippen LogP contribution is 2.36. The number of carbonyl (C=O) groups excluding carboxylic acids is 1. The van der Waals surface area contributed by atoms with Gasteiger partial charge in [0, 0.05) is 6.26 Å². The minimum absolute atomic E-state index is 0.119. The predicted molar refractivity (Wildman–Crippen MR) is 110 cm³/mol. The van der Waals surface area contributed by atoms with Gasteiger partial charge in [-0.05, 0) is 69.2 Å². The van der Waals surface area contributed by atoms with Gasteiger partial charge in [0.05, 0.1) is 13.0 Å². The number of amides is 1. The van der Waals surface area contributed by atoms with Crippen molar-refractivity contribution in [1.29, 1.82) is 0 Å². The van der Waals surface area contributed by atoms with E-state index in [1.807, 2.05) is 13.8 Å². The topological polar surface area (TPSA) is 76.1 Å². The van der Waals surface area contributed by atoms with Gasteiger partial charge >= 0.3 is 12.1 Å². The fraction of sp³-hybridized carbons (Fsp3) is 0.600. The fourth-order valence-electron chi connectivity index (χ4n) is 2.20. The van der Waals surface area contributed by atoms with Gasteiger partial charge in [0.25, 0.3) is 0 Å². The monoisotopic (exact) mass is 397 g/mol. The first-order valence-electron chi connectivity index (χ1n) is 9.24. The molecule has 0 radical (unpaired) electrons. The Labute approximate surface area is 166 Å². The van der Waals surface area contributed by atoms with E-state index in [-0.39, 0.29) is 6.42 Å². The van der Waals surface area contributed by atoms with Crippen LogP contribution >= 0.6 is 11.9 Å². The summed E-state index contributed by atoms with van der Waals surface area (Å²) in [4.78, 5) is 23.5. The van der Waals surface area contributed by atoms with Crippen LogP contribution in [-0.2, 0) is 16.0 Å². The van der Waals surface area contributed by atoms with Crippen molar-refractivity contribution in [1.82, 2.24) is 0 Å². The van der Waals surface area contributed by atoms with Gasteiger partial charge in [-0.2, -0.15) is 0 Å². The summed E-state index contributed by atoms with van der Waals surface area (Å²) < 4.78 is 12.7. The number of aliphatic carboxylic acids is 1. The summed E-state index contributed by atoms with van der Waals surface area (Å²) in [5.41, 5.74) is 0.490. The van der Waals surface area contributed by atoms with E-state index in [0.29, 0.717) is 29.5 Å². The van der Waals surface area contributed by atoms with Crippen molar-refractivity contribution in [2.45, 2.75) is 59.5 Å². The minimum Gasteiger partial charge on any atom is -0.491 e. The van der Waals surface area contributed by atoms with E-state index in [1.165, 1.54) is 16.3 Å². The molecule has 0 bridgehead atoms. The molecule has 6 nitrogen and oxygen atoms in total. The van der Waals surface area contributed by atoms with Crippen molar-refractivity contribution in [2.75, 3.05) is 17.2 Å². The first-order valence-corrected chi connectivity index (χ1v) is 10.4. The second-order valence-corrected chi connectivity index (χ2v) is 7.81. The Morgan fingerprint density at radius 1 is 1.26 bits per heavy atom. The lowest BCUT2D eigenvalue weighted by Gasteiger charge is -2.27. The molecular weight excluding hydrogens is 366 g/mol. The van der Waals surface area contributed by atoms with Crippen molar-refractivity contribution in [3.05, 3.63) is 23.8 Å². The molecule has 27 heavy (non-hydrogen) atoms. The van der Waals surface area contributed by atoms with Gasteiger partial charge in [-0.3, -0.25) is 4.79 Å². The van der Waals surface area contributed by atoms with Crippen LogP contribution in [0.15, 0.2) is 18.2 Å². The summed E-state index contributed by atoms with van der Waals surface area (Å²) in [7, 11) is 0. The molecule has 1 aromatic carbocycles. The first-order chi connectivity index (χ1) is 12.7. The number of rotatable bonds is 7. The van der Waals surface area contributed by atoms with Crippen LogP contribution in [0.3, 0.4) is 0 Å². The molecule has 1 fully saturated rings. The van der Waals surface area contributed by atoms with Gasteiger partial charge in [0.15, 0.2) is 0 Å². The number of hydrogen-bond donors (Lipinski definition) is 1. The Morgan fingerprint density at radius 2 is 1.89 bits per heavy atom. The third kappa shape index (κ3) is 8.12.